The van der Waals surface area contributed by atoms with Crippen molar-refractivity contribution in [3.05, 3.63) is 59.1 Å². The maximum absolute atomic E-state index is 12.1. The Balaban J connectivity index is 2.00. The fraction of sp³-hybridized carbons (Fsp3) is 0.118. The van der Waals surface area contributed by atoms with Gasteiger partial charge >= 0.3 is 0 Å². The molecule has 0 aliphatic heterocycles. The second kappa shape index (κ2) is 7.97. The van der Waals surface area contributed by atoms with Crippen molar-refractivity contribution >= 4 is 34.8 Å². The van der Waals surface area contributed by atoms with Gasteiger partial charge in [-0.25, -0.2) is 0 Å². The van der Waals surface area contributed by atoms with Gasteiger partial charge in [-0.2, -0.15) is 5.26 Å². The number of amides is 2. The minimum atomic E-state index is -0.396. The third-order valence-corrected chi connectivity index (χ3v) is 3.35. The summed E-state index contributed by atoms with van der Waals surface area (Å²) in [6.45, 7) is 0. The highest BCUT2D eigenvalue weighted by Crippen LogP contribution is 2.18. The molecule has 6 heteroatoms. The maximum atomic E-state index is 12.1. The number of anilines is 2. The predicted molar refractivity (Wildman–Crippen MR) is 89.1 cm³/mol. The number of hydrogen-bond acceptors (Lipinski definition) is 3. The van der Waals surface area contributed by atoms with Gasteiger partial charge in [0.25, 0.3) is 0 Å². The minimum absolute atomic E-state index is 0.157. The van der Waals surface area contributed by atoms with Gasteiger partial charge in [0, 0.05) is 16.4 Å². The molecule has 0 bridgehead atoms. The monoisotopic (exact) mass is 327 g/mol. The molecule has 0 aliphatic carbocycles. The molecule has 0 saturated heterocycles. The van der Waals surface area contributed by atoms with Crippen molar-refractivity contribution in [1.82, 2.24) is 0 Å². The van der Waals surface area contributed by atoms with E-state index in [-0.39, 0.29) is 18.7 Å². The molecule has 0 radical (unpaired) electrons. The zero-order valence-corrected chi connectivity index (χ0v) is 12.9. The Bertz CT molecular complexity index is 768. The van der Waals surface area contributed by atoms with Crippen LogP contribution in [0, 0.1) is 11.3 Å². The highest BCUT2D eigenvalue weighted by Gasteiger charge is 2.08. The van der Waals surface area contributed by atoms with Crippen LogP contribution in [-0.2, 0) is 16.0 Å². The molecule has 2 aromatic carbocycles. The molecule has 116 valence electrons. The molecule has 0 saturated carbocycles. The first kappa shape index (κ1) is 16.5. The van der Waals surface area contributed by atoms with E-state index >= 15 is 0 Å². The van der Waals surface area contributed by atoms with E-state index < -0.39 is 5.91 Å². The number of nitrogens with one attached hydrogen (secondary N) is 2. The molecule has 2 rings (SSSR count). The molecule has 0 aromatic heterocycles. The molecule has 5 nitrogen and oxygen atoms in total. The van der Waals surface area contributed by atoms with E-state index in [0.29, 0.717) is 16.4 Å². The standard InChI is InChI=1S/C17H14ClN3O2/c18-15-7-2-1-4-12(15)10-17(23)21-14-6-3-5-13(11-14)20-16(22)8-9-19/h1-7,11H,8,10H2,(H,20,22)(H,21,23). The minimum Gasteiger partial charge on any atom is -0.326 e. The first-order chi connectivity index (χ1) is 11.1. The number of nitrogens with zero attached hydrogens (tertiary/aromatic N) is 1. The summed E-state index contributed by atoms with van der Waals surface area (Å²) in [5.74, 6) is -0.606. The van der Waals surface area contributed by atoms with Crippen LogP contribution in [0.2, 0.25) is 5.02 Å². The molecular weight excluding hydrogens is 314 g/mol. The Morgan fingerprint density at radius 3 is 2.30 bits per heavy atom. The molecule has 2 N–H and O–H groups in total. The van der Waals surface area contributed by atoms with Gasteiger partial charge < -0.3 is 10.6 Å². The molecule has 0 heterocycles. The largest absolute Gasteiger partial charge is 0.326 e. The average molecular weight is 328 g/mol. The first-order valence-electron chi connectivity index (χ1n) is 6.88. The number of rotatable bonds is 5. The quantitative estimate of drug-likeness (QED) is 0.883. The van der Waals surface area contributed by atoms with E-state index in [1.165, 1.54) is 0 Å². The maximum Gasteiger partial charge on any atom is 0.238 e. The Morgan fingerprint density at radius 2 is 1.65 bits per heavy atom. The lowest BCUT2D eigenvalue weighted by Gasteiger charge is -2.09. The van der Waals surface area contributed by atoms with Gasteiger partial charge in [0.1, 0.15) is 6.42 Å². The van der Waals surface area contributed by atoms with Gasteiger partial charge in [-0.05, 0) is 29.8 Å². The zero-order chi connectivity index (χ0) is 16.7. The first-order valence-corrected chi connectivity index (χ1v) is 7.26. The van der Waals surface area contributed by atoms with E-state index in [1.54, 1.807) is 48.5 Å². The van der Waals surface area contributed by atoms with Gasteiger partial charge in [0.15, 0.2) is 0 Å². The van der Waals surface area contributed by atoms with Crippen LogP contribution < -0.4 is 10.6 Å². The highest BCUT2D eigenvalue weighted by atomic mass is 35.5. The number of carbonyl (C=O) groups excluding carboxylic acids is 2. The van der Waals surface area contributed by atoms with E-state index in [9.17, 15) is 9.59 Å². The summed E-state index contributed by atoms with van der Waals surface area (Å²) < 4.78 is 0. The number of nitriles is 1. The number of benzene rings is 2. The Kier molecular flexibility index (Phi) is 5.73. The lowest BCUT2D eigenvalue weighted by atomic mass is 10.1. The van der Waals surface area contributed by atoms with Crippen LogP contribution in [-0.4, -0.2) is 11.8 Å². The average Bonchev–Trinajstić information content (AvgIpc) is 2.50. The molecule has 0 unspecified atom stereocenters. The summed E-state index contributed by atoms with van der Waals surface area (Å²) in [5, 5.41) is 14.3. The van der Waals surface area contributed by atoms with Crippen molar-refractivity contribution in [3.63, 3.8) is 0 Å². The van der Waals surface area contributed by atoms with Crippen LogP contribution in [0.25, 0.3) is 0 Å². The molecular formula is C17H14ClN3O2. The van der Waals surface area contributed by atoms with Crippen LogP contribution in [0.5, 0.6) is 0 Å². The normalized spacial score (nSPS) is 9.74. The Hall–Kier alpha value is -2.84. The second-order valence-electron chi connectivity index (χ2n) is 4.78. The number of carbonyl (C=O) groups is 2. The van der Waals surface area contributed by atoms with Gasteiger partial charge in [-0.15, -0.1) is 0 Å². The summed E-state index contributed by atoms with van der Waals surface area (Å²) in [6.07, 6.45) is -0.0617. The third kappa shape index (κ3) is 5.13. The van der Waals surface area contributed by atoms with Gasteiger partial charge in [0.2, 0.25) is 11.8 Å². The van der Waals surface area contributed by atoms with Crippen LogP contribution in [0.1, 0.15) is 12.0 Å². The van der Waals surface area contributed by atoms with Gasteiger partial charge in [-0.1, -0.05) is 35.9 Å². The lowest BCUT2D eigenvalue weighted by Crippen LogP contribution is -2.15. The van der Waals surface area contributed by atoms with E-state index in [4.69, 9.17) is 16.9 Å². The van der Waals surface area contributed by atoms with Crippen molar-refractivity contribution in [3.8, 4) is 6.07 Å². The fourth-order valence-corrected chi connectivity index (χ4v) is 2.17. The topological polar surface area (TPSA) is 82.0 Å². The summed E-state index contributed by atoms with van der Waals surface area (Å²) in [4.78, 5) is 23.5. The van der Waals surface area contributed by atoms with Crippen molar-refractivity contribution in [1.29, 1.82) is 5.26 Å². The molecule has 0 spiro atoms. The summed E-state index contributed by atoms with van der Waals surface area (Å²) in [7, 11) is 0. The molecule has 0 fully saturated rings. The number of halogens is 1. The summed E-state index contributed by atoms with van der Waals surface area (Å²) in [5.41, 5.74) is 1.81. The molecule has 0 aliphatic rings. The van der Waals surface area contributed by atoms with Crippen LogP contribution >= 0.6 is 11.6 Å². The molecule has 23 heavy (non-hydrogen) atoms. The molecule has 0 atom stereocenters. The molecule has 2 aromatic rings. The second-order valence-corrected chi connectivity index (χ2v) is 5.19. The van der Waals surface area contributed by atoms with E-state index in [1.807, 2.05) is 6.07 Å². The predicted octanol–water partition coefficient (Wildman–Crippen LogP) is 3.37. The summed E-state index contributed by atoms with van der Waals surface area (Å²) in [6, 6.07) is 15.6. The van der Waals surface area contributed by atoms with Crippen LogP contribution in [0.15, 0.2) is 48.5 Å². The van der Waals surface area contributed by atoms with Gasteiger partial charge in [-0.3, -0.25) is 9.59 Å². The fourth-order valence-electron chi connectivity index (χ4n) is 1.97. The Morgan fingerprint density at radius 1 is 1.00 bits per heavy atom. The summed E-state index contributed by atoms with van der Waals surface area (Å²) >= 11 is 6.03. The highest BCUT2D eigenvalue weighted by molar-refractivity contribution is 6.31. The van der Waals surface area contributed by atoms with Crippen molar-refractivity contribution in [2.45, 2.75) is 12.8 Å². The Labute approximate surface area is 138 Å². The van der Waals surface area contributed by atoms with Crippen LogP contribution in [0.4, 0.5) is 11.4 Å². The van der Waals surface area contributed by atoms with Crippen molar-refractivity contribution in [2.75, 3.05) is 10.6 Å². The number of hydrogen-bond donors (Lipinski definition) is 2. The van der Waals surface area contributed by atoms with Crippen molar-refractivity contribution in [2.24, 2.45) is 0 Å². The smallest absolute Gasteiger partial charge is 0.238 e. The van der Waals surface area contributed by atoms with E-state index in [2.05, 4.69) is 10.6 Å². The molecule has 2 amide bonds. The van der Waals surface area contributed by atoms with Crippen LogP contribution in [0.3, 0.4) is 0 Å². The third-order valence-electron chi connectivity index (χ3n) is 2.98. The SMILES string of the molecule is N#CCC(=O)Nc1cccc(NC(=O)Cc2ccccc2Cl)c1. The zero-order valence-electron chi connectivity index (χ0n) is 12.2. The lowest BCUT2D eigenvalue weighted by molar-refractivity contribution is -0.116. The van der Waals surface area contributed by atoms with Crippen molar-refractivity contribution < 1.29 is 9.59 Å². The van der Waals surface area contributed by atoms with Gasteiger partial charge in [0.05, 0.1) is 12.5 Å². The van der Waals surface area contributed by atoms with E-state index in [0.717, 1.165) is 5.56 Å².